The molecule has 6 heteroatoms. The summed E-state index contributed by atoms with van der Waals surface area (Å²) in [6.45, 7) is 2.25. The Labute approximate surface area is 129 Å². The van der Waals surface area contributed by atoms with E-state index in [4.69, 9.17) is 5.84 Å². The summed E-state index contributed by atoms with van der Waals surface area (Å²) in [6, 6.07) is 2.56. The van der Waals surface area contributed by atoms with Gasteiger partial charge in [0.25, 0.3) is 0 Å². The van der Waals surface area contributed by atoms with Crippen LogP contribution in [0.3, 0.4) is 0 Å². The molecule has 4 N–H and O–H groups in total. The molecule has 1 unspecified atom stereocenters. The molecule has 0 spiro atoms. The predicted octanol–water partition coefficient (Wildman–Crippen LogP) is 3.75. The summed E-state index contributed by atoms with van der Waals surface area (Å²) in [7, 11) is 0. The van der Waals surface area contributed by atoms with E-state index < -0.39 is 0 Å². The zero-order chi connectivity index (χ0) is 14.7. The lowest BCUT2D eigenvalue weighted by Gasteiger charge is -2.30. The molecule has 3 rings (SSSR count). The predicted molar refractivity (Wildman–Crippen MR) is 89.5 cm³/mol. The molecule has 2 aromatic heterocycles. The quantitative estimate of drug-likeness (QED) is 0.579. The number of hydrogen-bond donors (Lipinski definition) is 3. The minimum Gasteiger partial charge on any atom is -0.366 e. The Morgan fingerprint density at radius 1 is 1.33 bits per heavy atom. The van der Waals surface area contributed by atoms with Crippen molar-refractivity contribution in [2.24, 2.45) is 11.8 Å². The number of hydrogen-bond acceptors (Lipinski definition) is 6. The monoisotopic (exact) mass is 305 g/mol. The highest BCUT2D eigenvalue weighted by molar-refractivity contribution is 7.16. The van der Waals surface area contributed by atoms with Gasteiger partial charge in [-0.3, -0.25) is 5.43 Å². The van der Waals surface area contributed by atoms with E-state index in [1.807, 2.05) is 5.38 Å². The van der Waals surface area contributed by atoms with E-state index in [1.54, 1.807) is 11.3 Å². The van der Waals surface area contributed by atoms with Crippen molar-refractivity contribution in [2.75, 3.05) is 10.7 Å². The topological polar surface area (TPSA) is 75.9 Å². The zero-order valence-corrected chi connectivity index (χ0v) is 13.2. The molecule has 1 atom stereocenters. The zero-order valence-electron chi connectivity index (χ0n) is 12.4. The molecule has 0 bridgehead atoms. The highest BCUT2D eigenvalue weighted by Crippen LogP contribution is 2.32. The molecule has 0 aliphatic heterocycles. The van der Waals surface area contributed by atoms with Crippen LogP contribution in [0.1, 0.15) is 45.4 Å². The fourth-order valence-corrected chi connectivity index (χ4v) is 4.06. The van der Waals surface area contributed by atoms with Gasteiger partial charge in [0.1, 0.15) is 10.6 Å². The van der Waals surface area contributed by atoms with Gasteiger partial charge in [-0.05, 0) is 36.6 Å². The molecule has 5 nitrogen and oxygen atoms in total. The van der Waals surface area contributed by atoms with Gasteiger partial charge in [0.05, 0.1) is 5.39 Å². The average Bonchev–Trinajstić information content (AvgIpc) is 3.01. The van der Waals surface area contributed by atoms with Crippen LogP contribution in [0.5, 0.6) is 0 Å². The number of fused-ring (bicyclic) bond motifs is 1. The van der Waals surface area contributed by atoms with Crippen molar-refractivity contribution >= 4 is 33.3 Å². The summed E-state index contributed by atoms with van der Waals surface area (Å²) in [6.07, 6.45) is 7.87. The Bertz CT molecular complexity index is 591. The van der Waals surface area contributed by atoms with Crippen molar-refractivity contribution in [2.45, 2.75) is 51.5 Å². The van der Waals surface area contributed by atoms with Gasteiger partial charge in [-0.15, -0.1) is 11.3 Å². The van der Waals surface area contributed by atoms with E-state index in [9.17, 15) is 0 Å². The number of nitrogens with zero attached hydrogens (tertiary/aromatic N) is 2. The van der Waals surface area contributed by atoms with E-state index in [1.165, 1.54) is 32.1 Å². The Morgan fingerprint density at radius 3 is 2.86 bits per heavy atom. The van der Waals surface area contributed by atoms with Gasteiger partial charge < -0.3 is 5.32 Å². The van der Waals surface area contributed by atoms with E-state index in [-0.39, 0.29) is 0 Å². The fraction of sp³-hybridized carbons (Fsp3) is 0.600. The van der Waals surface area contributed by atoms with Crippen LogP contribution in [0.25, 0.3) is 10.2 Å². The van der Waals surface area contributed by atoms with Gasteiger partial charge in [-0.1, -0.05) is 26.2 Å². The standard InChI is InChI=1S/C15H23N5S/c1-2-12(10-6-4-3-5-7-10)17-13-11-8-9-21-14(11)19-15(18-13)20-16/h8-10,12H,2-7,16H2,1H3,(H2,17,18,19,20). The van der Waals surface area contributed by atoms with Crippen LogP contribution in [0.15, 0.2) is 11.4 Å². The first-order chi connectivity index (χ1) is 10.3. The molecule has 0 aromatic carbocycles. The maximum atomic E-state index is 5.49. The SMILES string of the molecule is CCC(Nc1nc(NN)nc2sccc12)C1CCCCC1. The van der Waals surface area contributed by atoms with Crippen molar-refractivity contribution < 1.29 is 0 Å². The Balaban J connectivity index is 1.86. The molecule has 1 aliphatic rings. The number of thiophene rings is 1. The van der Waals surface area contributed by atoms with Crippen LogP contribution in [0.4, 0.5) is 11.8 Å². The molecule has 1 saturated carbocycles. The van der Waals surface area contributed by atoms with E-state index in [0.717, 1.165) is 28.4 Å². The minimum atomic E-state index is 0.478. The first kappa shape index (κ1) is 14.5. The van der Waals surface area contributed by atoms with Crippen molar-refractivity contribution in [1.82, 2.24) is 9.97 Å². The first-order valence-electron chi connectivity index (χ1n) is 7.80. The third-order valence-electron chi connectivity index (χ3n) is 4.43. The second kappa shape index (κ2) is 6.58. The third-order valence-corrected chi connectivity index (χ3v) is 5.24. The third kappa shape index (κ3) is 3.11. The number of nitrogens with one attached hydrogen (secondary N) is 2. The number of nitrogen functional groups attached to an aromatic ring is 1. The lowest BCUT2D eigenvalue weighted by molar-refractivity contribution is 0.313. The van der Waals surface area contributed by atoms with Crippen molar-refractivity contribution in [3.05, 3.63) is 11.4 Å². The molecule has 2 heterocycles. The summed E-state index contributed by atoms with van der Waals surface area (Å²) < 4.78 is 0. The van der Waals surface area contributed by atoms with Crippen LogP contribution in [-0.2, 0) is 0 Å². The molecule has 0 amide bonds. The van der Waals surface area contributed by atoms with Gasteiger partial charge in [0.2, 0.25) is 5.95 Å². The molecule has 1 aliphatic carbocycles. The highest BCUT2D eigenvalue weighted by Gasteiger charge is 2.23. The molecular weight excluding hydrogens is 282 g/mol. The van der Waals surface area contributed by atoms with Crippen LogP contribution in [-0.4, -0.2) is 16.0 Å². The number of rotatable bonds is 5. The molecule has 114 valence electrons. The first-order valence-corrected chi connectivity index (χ1v) is 8.68. The van der Waals surface area contributed by atoms with Crippen molar-refractivity contribution in [1.29, 1.82) is 0 Å². The summed E-state index contributed by atoms with van der Waals surface area (Å²) in [5, 5.41) is 6.80. The Hall–Kier alpha value is -1.40. The minimum absolute atomic E-state index is 0.478. The van der Waals surface area contributed by atoms with Gasteiger partial charge in [0.15, 0.2) is 0 Å². The molecule has 2 aromatic rings. The van der Waals surface area contributed by atoms with E-state index >= 15 is 0 Å². The second-order valence-electron chi connectivity index (χ2n) is 5.74. The van der Waals surface area contributed by atoms with Crippen LogP contribution in [0.2, 0.25) is 0 Å². The molecule has 1 fully saturated rings. The summed E-state index contributed by atoms with van der Waals surface area (Å²) >= 11 is 1.61. The van der Waals surface area contributed by atoms with E-state index in [0.29, 0.717) is 12.0 Å². The van der Waals surface area contributed by atoms with Gasteiger partial charge in [-0.2, -0.15) is 4.98 Å². The maximum absolute atomic E-state index is 5.49. The largest absolute Gasteiger partial charge is 0.366 e. The number of hydrazine groups is 1. The summed E-state index contributed by atoms with van der Waals surface area (Å²) in [5.74, 6) is 7.62. The summed E-state index contributed by atoms with van der Waals surface area (Å²) in [4.78, 5) is 9.89. The smallest absolute Gasteiger partial charge is 0.240 e. The number of nitrogens with two attached hydrogens (primary N) is 1. The van der Waals surface area contributed by atoms with Crippen molar-refractivity contribution in [3.63, 3.8) is 0 Å². The van der Waals surface area contributed by atoms with Crippen LogP contribution >= 0.6 is 11.3 Å². The van der Waals surface area contributed by atoms with E-state index in [2.05, 4.69) is 33.7 Å². The van der Waals surface area contributed by atoms with Crippen LogP contribution < -0.4 is 16.6 Å². The molecule has 21 heavy (non-hydrogen) atoms. The molecule has 0 radical (unpaired) electrons. The van der Waals surface area contributed by atoms with Gasteiger partial charge in [-0.25, -0.2) is 10.8 Å². The fourth-order valence-electron chi connectivity index (χ4n) is 3.30. The maximum Gasteiger partial charge on any atom is 0.240 e. The van der Waals surface area contributed by atoms with Gasteiger partial charge in [0, 0.05) is 6.04 Å². The Kier molecular flexibility index (Phi) is 4.55. The van der Waals surface area contributed by atoms with Crippen LogP contribution in [0, 0.1) is 5.92 Å². The highest BCUT2D eigenvalue weighted by atomic mass is 32.1. The van der Waals surface area contributed by atoms with Gasteiger partial charge >= 0.3 is 0 Å². The molecular formula is C15H23N5S. The second-order valence-corrected chi connectivity index (χ2v) is 6.63. The summed E-state index contributed by atoms with van der Waals surface area (Å²) in [5.41, 5.74) is 2.56. The normalized spacial score (nSPS) is 17.8. The Morgan fingerprint density at radius 2 is 2.14 bits per heavy atom. The average molecular weight is 305 g/mol. The lowest BCUT2D eigenvalue weighted by atomic mass is 9.83. The lowest BCUT2D eigenvalue weighted by Crippen LogP contribution is -2.30. The van der Waals surface area contributed by atoms with Crippen molar-refractivity contribution in [3.8, 4) is 0 Å². The molecule has 0 saturated heterocycles. The number of aromatic nitrogens is 2. The number of anilines is 2.